The van der Waals surface area contributed by atoms with Gasteiger partial charge in [0.1, 0.15) is 18.1 Å². The van der Waals surface area contributed by atoms with Crippen LogP contribution in [-0.4, -0.2) is 62.8 Å². The van der Waals surface area contributed by atoms with Crippen molar-refractivity contribution in [1.82, 2.24) is 34.1 Å². The fourth-order valence-electron chi connectivity index (χ4n) is 6.59. The van der Waals surface area contributed by atoms with Gasteiger partial charge in [0, 0.05) is 19.3 Å². The number of allylic oxidation sites excluding steroid dienone is 1. The van der Waals surface area contributed by atoms with Gasteiger partial charge in [0.2, 0.25) is 0 Å². The van der Waals surface area contributed by atoms with E-state index in [1.807, 2.05) is 12.1 Å². The molecule has 0 bridgehead atoms. The quantitative estimate of drug-likeness (QED) is 0.190. The number of carbonyl (C=O) groups is 1. The number of halogens is 4. The Balaban J connectivity index is 1.29. The Hall–Kier alpha value is -4.04. The van der Waals surface area contributed by atoms with Crippen LogP contribution in [0.15, 0.2) is 65.6 Å². The number of ketones is 1. The Labute approximate surface area is 258 Å². The smallest absolute Gasteiger partial charge is 0.291 e. The minimum atomic E-state index is -4.65. The Kier molecular flexibility index (Phi) is 7.31. The predicted molar refractivity (Wildman–Crippen MR) is 156 cm³/mol. The third-order valence-electron chi connectivity index (χ3n) is 8.92. The van der Waals surface area contributed by atoms with Crippen molar-refractivity contribution in [2.24, 2.45) is 12.5 Å². The molecule has 3 aromatic heterocycles. The number of nitrogens with zero attached hydrogens (tertiary/aromatic N) is 7. The summed E-state index contributed by atoms with van der Waals surface area (Å²) in [4.78, 5) is 20.2. The first-order chi connectivity index (χ1) is 21.5. The normalized spacial score (nSPS) is 22.1. The molecule has 234 valence electrons. The molecular formula is C31H29F4N7O2S. The van der Waals surface area contributed by atoms with Crippen LogP contribution in [0.25, 0.3) is 11.8 Å². The van der Waals surface area contributed by atoms with Crippen molar-refractivity contribution in [1.29, 1.82) is 0 Å². The lowest BCUT2D eigenvalue weighted by Gasteiger charge is -2.46. The van der Waals surface area contributed by atoms with Crippen LogP contribution in [-0.2, 0) is 24.5 Å². The predicted octanol–water partition coefficient (Wildman–Crippen LogP) is 5.36. The number of hydrogen-bond acceptors (Lipinski definition) is 6. The Morgan fingerprint density at radius 1 is 1.07 bits per heavy atom. The fraction of sp³-hybridized carbons (Fsp3) is 0.387. The van der Waals surface area contributed by atoms with Gasteiger partial charge in [-0.1, -0.05) is 11.6 Å². The topological polar surface area (TPSA) is 98.8 Å². The third kappa shape index (κ3) is 5.65. The number of alkyl halides is 3. The van der Waals surface area contributed by atoms with E-state index in [4.69, 9.17) is 0 Å². The van der Waals surface area contributed by atoms with Gasteiger partial charge in [0.15, 0.2) is 21.8 Å². The molecule has 45 heavy (non-hydrogen) atoms. The minimum absolute atomic E-state index is 0.00697. The summed E-state index contributed by atoms with van der Waals surface area (Å²) in [6, 6.07) is 8.62. The number of fused-ring (bicyclic) bond motifs is 2. The van der Waals surface area contributed by atoms with Crippen LogP contribution in [0.5, 0.6) is 0 Å². The zero-order valence-electron chi connectivity index (χ0n) is 24.2. The molecule has 3 aliphatic rings. The summed E-state index contributed by atoms with van der Waals surface area (Å²) in [6.07, 6.45) is 4.62. The first-order valence-electron chi connectivity index (χ1n) is 14.7. The van der Waals surface area contributed by atoms with E-state index < -0.39 is 35.2 Å². The summed E-state index contributed by atoms with van der Waals surface area (Å²) < 4.78 is 71.7. The van der Waals surface area contributed by atoms with Crippen molar-refractivity contribution in [2.45, 2.75) is 61.7 Å². The van der Waals surface area contributed by atoms with E-state index in [2.05, 4.69) is 20.3 Å². The standard InChI is InChI=1S/C31H29F4N7O2S/c1-40-37-17-28(39-40)45(44)41(18-31(33,34)35)25-8-5-22-12-27-21(16-38-42(27)24-9-6-23(32)7-10-24)13-30(22,14-25)29(43)26-11-4-20(15-36-26)19-2-3-19/h4,6-7,9-12,15-17,19,25H,2-3,5,8,13-14,18H2,1H3. The molecule has 2 saturated carbocycles. The molecule has 3 aliphatic carbocycles. The van der Waals surface area contributed by atoms with Gasteiger partial charge in [0.05, 0.1) is 29.2 Å². The number of aromatic nitrogens is 6. The van der Waals surface area contributed by atoms with Crippen molar-refractivity contribution in [3.05, 3.63) is 88.9 Å². The lowest BCUT2D eigenvalue weighted by Crippen LogP contribution is -2.51. The number of Topliss-reactive ketones (excluding diaryl/α,β-unsaturated/α-hetero) is 1. The maximum atomic E-state index is 14.6. The van der Waals surface area contributed by atoms with Crippen LogP contribution < -0.4 is 0 Å². The summed E-state index contributed by atoms with van der Waals surface area (Å²) in [7, 11) is -0.783. The van der Waals surface area contributed by atoms with Crippen LogP contribution in [0.3, 0.4) is 0 Å². The monoisotopic (exact) mass is 639 g/mol. The lowest BCUT2D eigenvalue weighted by molar-refractivity contribution is -0.140. The van der Waals surface area contributed by atoms with Gasteiger partial charge >= 0.3 is 6.18 Å². The highest BCUT2D eigenvalue weighted by atomic mass is 32.2. The van der Waals surface area contributed by atoms with Gasteiger partial charge in [0.25, 0.3) is 0 Å². The van der Waals surface area contributed by atoms with Crippen LogP contribution in [0.4, 0.5) is 17.6 Å². The fourth-order valence-corrected chi connectivity index (χ4v) is 7.87. The number of hydrogen-bond donors (Lipinski definition) is 0. The van der Waals surface area contributed by atoms with Gasteiger partial charge in [-0.3, -0.25) is 9.78 Å². The number of benzene rings is 1. The number of carbonyl (C=O) groups excluding carboxylic acids is 1. The second-order valence-electron chi connectivity index (χ2n) is 12.0. The molecule has 7 rings (SSSR count). The summed E-state index contributed by atoms with van der Waals surface area (Å²) in [5.41, 5.74) is 2.90. The van der Waals surface area contributed by atoms with Crippen LogP contribution in [0, 0.1) is 11.2 Å². The molecule has 0 radical (unpaired) electrons. The molecule has 0 N–H and O–H groups in total. The zero-order chi connectivity index (χ0) is 31.5. The average Bonchev–Trinajstić information content (AvgIpc) is 3.66. The van der Waals surface area contributed by atoms with Gasteiger partial charge in [-0.2, -0.15) is 28.2 Å². The molecule has 9 nitrogen and oxygen atoms in total. The second-order valence-corrected chi connectivity index (χ2v) is 13.3. The van der Waals surface area contributed by atoms with E-state index in [0.717, 1.165) is 44.3 Å². The van der Waals surface area contributed by atoms with E-state index in [1.54, 1.807) is 35.3 Å². The summed E-state index contributed by atoms with van der Waals surface area (Å²) >= 11 is 0. The van der Waals surface area contributed by atoms with Gasteiger partial charge in [-0.05, 0) is 92.0 Å². The van der Waals surface area contributed by atoms with Crippen LogP contribution in [0.2, 0.25) is 0 Å². The highest BCUT2D eigenvalue weighted by molar-refractivity contribution is 7.82. The first kappa shape index (κ1) is 29.7. The van der Waals surface area contributed by atoms with Crippen molar-refractivity contribution < 1.29 is 26.6 Å². The summed E-state index contributed by atoms with van der Waals surface area (Å²) in [5, 5.41) is 12.3. The maximum absolute atomic E-state index is 14.6. The Morgan fingerprint density at radius 2 is 1.84 bits per heavy atom. The molecular weight excluding hydrogens is 610 g/mol. The SMILES string of the molecule is Cn1ncc(S(=O)N(CC(F)(F)F)C2CCC3=Cc4c(cnn4-c4ccc(F)cc4)CC3(C(=O)c3ccc(C4CC4)cn3)C2)n1. The summed E-state index contributed by atoms with van der Waals surface area (Å²) in [6.45, 7) is -1.44. The molecule has 0 spiro atoms. The van der Waals surface area contributed by atoms with E-state index in [1.165, 1.54) is 25.4 Å². The van der Waals surface area contributed by atoms with Gasteiger partial charge < -0.3 is 0 Å². The van der Waals surface area contributed by atoms with Gasteiger partial charge in [-0.25, -0.2) is 17.6 Å². The molecule has 0 amide bonds. The third-order valence-corrected chi connectivity index (χ3v) is 10.3. The van der Waals surface area contributed by atoms with Crippen molar-refractivity contribution in [3.63, 3.8) is 0 Å². The Morgan fingerprint density at radius 3 is 2.49 bits per heavy atom. The number of aryl methyl sites for hydroxylation is 1. The van der Waals surface area contributed by atoms with Crippen molar-refractivity contribution in [2.75, 3.05) is 6.54 Å². The van der Waals surface area contributed by atoms with Crippen molar-refractivity contribution >= 4 is 22.8 Å². The number of rotatable bonds is 8. The second kappa shape index (κ2) is 11.1. The molecule has 0 saturated heterocycles. The largest absolute Gasteiger partial charge is 0.402 e. The zero-order valence-corrected chi connectivity index (χ0v) is 25.1. The maximum Gasteiger partial charge on any atom is 0.402 e. The first-order valence-corrected chi connectivity index (χ1v) is 15.8. The molecule has 0 aliphatic heterocycles. The van der Waals surface area contributed by atoms with Gasteiger partial charge in [-0.15, -0.1) is 5.10 Å². The highest BCUT2D eigenvalue weighted by Crippen LogP contribution is 2.51. The molecule has 2 fully saturated rings. The van der Waals surface area contributed by atoms with E-state index in [0.29, 0.717) is 11.6 Å². The average molecular weight is 640 g/mol. The van der Waals surface area contributed by atoms with E-state index in [-0.39, 0.29) is 48.0 Å². The van der Waals surface area contributed by atoms with E-state index in [9.17, 15) is 26.6 Å². The molecule has 4 aromatic rings. The van der Waals surface area contributed by atoms with Crippen LogP contribution in [0.1, 0.15) is 65.3 Å². The Bertz CT molecular complexity index is 1810. The molecule has 3 atom stereocenters. The lowest BCUT2D eigenvalue weighted by atomic mass is 9.60. The minimum Gasteiger partial charge on any atom is -0.291 e. The van der Waals surface area contributed by atoms with E-state index >= 15 is 0 Å². The van der Waals surface area contributed by atoms with Crippen molar-refractivity contribution in [3.8, 4) is 5.69 Å². The molecule has 1 aromatic carbocycles. The molecule has 14 heteroatoms. The molecule has 3 unspecified atom stereocenters. The highest BCUT2D eigenvalue weighted by Gasteiger charge is 2.52. The summed E-state index contributed by atoms with van der Waals surface area (Å²) in [5.74, 6) is -0.238. The molecule has 3 heterocycles. The van der Waals surface area contributed by atoms with Crippen LogP contribution >= 0.6 is 0 Å². The number of pyridine rings is 1.